The predicted octanol–water partition coefficient (Wildman–Crippen LogP) is 4.63. The van der Waals surface area contributed by atoms with E-state index in [1.807, 2.05) is 71.6 Å². The summed E-state index contributed by atoms with van der Waals surface area (Å²) in [6, 6.07) is 17.9. The van der Waals surface area contributed by atoms with Crippen molar-refractivity contribution in [2.24, 2.45) is 4.99 Å². The van der Waals surface area contributed by atoms with Gasteiger partial charge in [-0.2, -0.15) is 10.1 Å². The Labute approximate surface area is 203 Å². The van der Waals surface area contributed by atoms with Crippen LogP contribution in [-0.2, 0) is 9.53 Å². The second-order valence-electron chi connectivity index (χ2n) is 8.00. The summed E-state index contributed by atoms with van der Waals surface area (Å²) in [6.07, 6.45) is 4.81. The number of carbonyl (C=O) groups is 1. The van der Waals surface area contributed by atoms with Crippen molar-refractivity contribution in [3.8, 4) is 22.7 Å². The van der Waals surface area contributed by atoms with Crippen LogP contribution in [0.15, 0.2) is 70.7 Å². The molecule has 0 N–H and O–H groups in total. The molecule has 174 valence electrons. The van der Waals surface area contributed by atoms with Gasteiger partial charge in [-0.1, -0.05) is 25.1 Å². The largest absolute Gasteiger partial charge is 0.494 e. The zero-order valence-electron chi connectivity index (χ0n) is 19.0. The molecule has 7 nitrogen and oxygen atoms in total. The Hall–Kier alpha value is -3.36. The van der Waals surface area contributed by atoms with Crippen molar-refractivity contribution < 1.29 is 14.3 Å². The van der Waals surface area contributed by atoms with E-state index in [1.165, 1.54) is 11.8 Å². The monoisotopic (exact) mass is 474 g/mol. The number of amidine groups is 1. The number of hydrogen-bond donors (Lipinski definition) is 0. The first-order valence-electron chi connectivity index (χ1n) is 11.4. The smallest absolute Gasteiger partial charge is 0.286 e. The predicted molar refractivity (Wildman–Crippen MR) is 135 cm³/mol. The maximum Gasteiger partial charge on any atom is 0.286 e. The number of nitrogens with zero attached hydrogens (tertiary/aromatic N) is 4. The highest BCUT2D eigenvalue weighted by atomic mass is 32.2. The van der Waals surface area contributed by atoms with E-state index in [2.05, 4.69) is 16.8 Å². The summed E-state index contributed by atoms with van der Waals surface area (Å²) in [7, 11) is 0. The van der Waals surface area contributed by atoms with Gasteiger partial charge in [0.15, 0.2) is 5.17 Å². The third kappa shape index (κ3) is 4.93. The molecule has 8 heteroatoms. The fourth-order valence-electron chi connectivity index (χ4n) is 3.79. The summed E-state index contributed by atoms with van der Waals surface area (Å²) in [5.41, 5.74) is 3.56. The van der Waals surface area contributed by atoms with E-state index in [0.29, 0.717) is 24.7 Å². The van der Waals surface area contributed by atoms with Crippen LogP contribution in [0.1, 0.15) is 18.9 Å². The van der Waals surface area contributed by atoms with Gasteiger partial charge in [-0.15, -0.1) is 0 Å². The Bertz CT molecular complexity index is 1210. The summed E-state index contributed by atoms with van der Waals surface area (Å²) in [4.78, 5) is 19.7. The maximum absolute atomic E-state index is 12.7. The van der Waals surface area contributed by atoms with Crippen molar-refractivity contribution in [2.45, 2.75) is 13.3 Å². The van der Waals surface area contributed by atoms with Crippen LogP contribution in [0.5, 0.6) is 5.75 Å². The average molecular weight is 475 g/mol. The Morgan fingerprint density at radius 3 is 2.59 bits per heavy atom. The molecule has 0 saturated carbocycles. The topological polar surface area (TPSA) is 68.9 Å². The minimum Gasteiger partial charge on any atom is -0.494 e. The van der Waals surface area contributed by atoms with Gasteiger partial charge in [0.1, 0.15) is 5.75 Å². The molecule has 2 aliphatic heterocycles. The lowest BCUT2D eigenvalue weighted by Crippen LogP contribution is -2.38. The summed E-state index contributed by atoms with van der Waals surface area (Å²) < 4.78 is 13.0. The van der Waals surface area contributed by atoms with Crippen LogP contribution in [0.25, 0.3) is 23.0 Å². The normalized spacial score (nSPS) is 17.3. The highest BCUT2D eigenvalue weighted by molar-refractivity contribution is 8.18. The Kier molecular flexibility index (Phi) is 6.78. The fraction of sp³-hybridized carbons (Fsp3) is 0.269. The van der Waals surface area contributed by atoms with Crippen LogP contribution in [0.2, 0.25) is 0 Å². The number of rotatable bonds is 6. The lowest BCUT2D eigenvalue weighted by Gasteiger charge is -2.27. The van der Waals surface area contributed by atoms with Gasteiger partial charge in [-0.05, 0) is 60.7 Å². The first-order valence-corrected chi connectivity index (χ1v) is 12.3. The van der Waals surface area contributed by atoms with Crippen LogP contribution in [-0.4, -0.2) is 58.7 Å². The van der Waals surface area contributed by atoms with Crippen molar-refractivity contribution in [1.82, 2.24) is 14.7 Å². The molecule has 0 unspecified atom stereocenters. The number of thioether (sulfide) groups is 1. The molecule has 2 aliphatic rings. The number of hydrogen-bond acceptors (Lipinski definition) is 6. The molecule has 34 heavy (non-hydrogen) atoms. The first-order chi connectivity index (χ1) is 16.7. The fourth-order valence-corrected chi connectivity index (χ4v) is 4.74. The quantitative estimate of drug-likeness (QED) is 0.485. The molecule has 0 atom stereocenters. The summed E-state index contributed by atoms with van der Waals surface area (Å²) >= 11 is 1.42. The van der Waals surface area contributed by atoms with E-state index in [4.69, 9.17) is 14.6 Å². The number of aromatic nitrogens is 2. The van der Waals surface area contributed by atoms with Gasteiger partial charge in [0.25, 0.3) is 5.91 Å². The van der Waals surface area contributed by atoms with Gasteiger partial charge in [0.2, 0.25) is 0 Å². The van der Waals surface area contributed by atoms with Gasteiger partial charge >= 0.3 is 0 Å². The second kappa shape index (κ2) is 10.3. The highest BCUT2D eigenvalue weighted by Crippen LogP contribution is 2.34. The lowest BCUT2D eigenvalue weighted by molar-refractivity contribution is -0.113. The summed E-state index contributed by atoms with van der Waals surface area (Å²) in [6.45, 7) is 5.56. The first kappa shape index (κ1) is 22.4. The van der Waals surface area contributed by atoms with Crippen molar-refractivity contribution in [2.75, 3.05) is 32.9 Å². The molecule has 5 rings (SSSR count). The molecule has 1 saturated heterocycles. The average Bonchev–Trinajstić information content (AvgIpc) is 3.48. The molecule has 3 aromatic rings. The Balaban J connectivity index is 1.47. The molecular formula is C26H26N4O3S. The number of benzene rings is 2. The minimum atomic E-state index is -0.215. The van der Waals surface area contributed by atoms with Crippen LogP contribution in [0, 0.1) is 0 Å². The van der Waals surface area contributed by atoms with Crippen LogP contribution in [0.4, 0.5) is 0 Å². The molecular weight excluding hydrogens is 448 g/mol. The van der Waals surface area contributed by atoms with Gasteiger partial charge < -0.3 is 14.4 Å². The van der Waals surface area contributed by atoms with Crippen LogP contribution < -0.4 is 4.74 Å². The number of carbonyl (C=O) groups excluding carboxylic acids is 1. The Morgan fingerprint density at radius 2 is 1.85 bits per heavy atom. The lowest BCUT2D eigenvalue weighted by atomic mass is 10.1. The standard InChI is InChI=1S/C26H26N4O3S/c1-2-14-33-22-10-8-19(9-11-22)24-20(18-30(28-24)21-6-4-3-5-7-21)17-23-25(31)27-26(34-23)29-12-15-32-16-13-29/h3-11,17-18H,2,12-16H2,1H3. The van der Waals surface area contributed by atoms with Crippen molar-refractivity contribution in [3.05, 3.63) is 71.3 Å². The molecule has 1 fully saturated rings. The van der Waals surface area contributed by atoms with E-state index >= 15 is 0 Å². The molecule has 1 amide bonds. The molecule has 2 aromatic carbocycles. The third-order valence-electron chi connectivity index (χ3n) is 5.54. The van der Waals surface area contributed by atoms with Crippen LogP contribution >= 0.6 is 11.8 Å². The van der Waals surface area contributed by atoms with Crippen molar-refractivity contribution in [1.29, 1.82) is 0 Å². The zero-order valence-corrected chi connectivity index (χ0v) is 19.8. The number of ether oxygens (including phenoxy) is 2. The summed E-state index contributed by atoms with van der Waals surface area (Å²) in [5.74, 6) is 0.617. The third-order valence-corrected chi connectivity index (χ3v) is 6.59. The molecule has 0 radical (unpaired) electrons. The van der Waals surface area contributed by atoms with E-state index in [-0.39, 0.29) is 5.91 Å². The van der Waals surface area contributed by atoms with Gasteiger partial charge in [-0.3, -0.25) is 4.79 Å². The van der Waals surface area contributed by atoms with Gasteiger partial charge in [0, 0.05) is 30.4 Å². The van der Waals surface area contributed by atoms with E-state index < -0.39 is 0 Å². The molecule has 0 spiro atoms. The number of amides is 1. The number of para-hydroxylation sites is 1. The summed E-state index contributed by atoms with van der Waals surface area (Å²) in [5, 5.41) is 5.61. The second-order valence-corrected chi connectivity index (χ2v) is 9.00. The number of morpholine rings is 1. The van der Waals surface area contributed by atoms with Crippen molar-refractivity contribution >= 4 is 28.9 Å². The maximum atomic E-state index is 12.7. The minimum absolute atomic E-state index is 0.215. The van der Waals surface area contributed by atoms with E-state index in [1.54, 1.807) is 0 Å². The molecule has 0 bridgehead atoms. The molecule has 0 aliphatic carbocycles. The molecule has 3 heterocycles. The Morgan fingerprint density at radius 1 is 1.09 bits per heavy atom. The van der Waals surface area contributed by atoms with E-state index in [0.717, 1.165) is 52.9 Å². The van der Waals surface area contributed by atoms with Gasteiger partial charge in [-0.25, -0.2) is 4.68 Å². The zero-order chi connectivity index (χ0) is 23.3. The van der Waals surface area contributed by atoms with Gasteiger partial charge in [0.05, 0.1) is 36.1 Å². The highest BCUT2D eigenvalue weighted by Gasteiger charge is 2.27. The molecule has 1 aromatic heterocycles. The number of aliphatic imine (C=N–C) groups is 1. The SMILES string of the molecule is CCCOc1ccc(-c2nn(-c3ccccc3)cc2C=C2SC(N3CCOCC3)=NC2=O)cc1. The van der Waals surface area contributed by atoms with Crippen molar-refractivity contribution in [3.63, 3.8) is 0 Å². The van der Waals surface area contributed by atoms with Crippen LogP contribution in [0.3, 0.4) is 0 Å². The van der Waals surface area contributed by atoms with E-state index in [9.17, 15) is 4.79 Å².